The summed E-state index contributed by atoms with van der Waals surface area (Å²) in [7, 11) is 0. The number of aliphatic hydroxyl groups is 1. The number of carbonyl (C=O) groups is 2. The Kier molecular flexibility index (Phi) is 4.36. The fraction of sp³-hybridized carbons (Fsp3) is 0.333. The van der Waals surface area contributed by atoms with Gasteiger partial charge in [-0.15, -0.1) is 0 Å². The van der Waals surface area contributed by atoms with E-state index in [1.807, 2.05) is 49.4 Å². The van der Waals surface area contributed by atoms with E-state index in [0.717, 1.165) is 28.0 Å². The maximum absolute atomic E-state index is 13.0. The third kappa shape index (κ3) is 3.06. The zero-order valence-electron chi connectivity index (χ0n) is 15.1. The van der Waals surface area contributed by atoms with Gasteiger partial charge in [-0.2, -0.15) is 0 Å². The molecule has 2 aromatic carbocycles. The van der Waals surface area contributed by atoms with E-state index in [1.54, 1.807) is 6.07 Å². The van der Waals surface area contributed by atoms with Crippen molar-refractivity contribution in [3.05, 3.63) is 65.2 Å². The summed E-state index contributed by atoms with van der Waals surface area (Å²) in [6, 6.07) is 14.7. The molecule has 1 fully saturated rings. The molecule has 1 aliphatic carbocycles. The van der Waals surface area contributed by atoms with Gasteiger partial charge < -0.3 is 15.2 Å². The molecular formula is C21H22N2O4. The van der Waals surface area contributed by atoms with Crippen molar-refractivity contribution in [3.63, 3.8) is 0 Å². The van der Waals surface area contributed by atoms with Crippen molar-refractivity contribution >= 4 is 11.9 Å². The molecule has 0 unspecified atom stereocenters. The summed E-state index contributed by atoms with van der Waals surface area (Å²) < 4.78 is 5.58. The van der Waals surface area contributed by atoms with Gasteiger partial charge in [0.25, 0.3) is 5.91 Å². The number of hydrogen-bond acceptors (Lipinski definition) is 4. The second-order valence-corrected chi connectivity index (χ2v) is 7.19. The van der Waals surface area contributed by atoms with Crippen molar-refractivity contribution in [2.75, 3.05) is 13.2 Å². The molecule has 4 rings (SSSR count). The predicted molar refractivity (Wildman–Crippen MR) is 99.4 cm³/mol. The summed E-state index contributed by atoms with van der Waals surface area (Å²) in [5.41, 5.74) is 2.00. The van der Waals surface area contributed by atoms with Crippen LogP contribution in [0.4, 0.5) is 4.79 Å². The Morgan fingerprint density at radius 1 is 1.22 bits per heavy atom. The van der Waals surface area contributed by atoms with Gasteiger partial charge in [-0.25, -0.2) is 4.79 Å². The minimum Gasteiger partial charge on any atom is -0.491 e. The van der Waals surface area contributed by atoms with Crippen molar-refractivity contribution in [1.29, 1.82) is 0 Å². The Balaban J connectivity index is 1.44. The number of aryl methyl sites for hydroxylation is 2. The number of rotatable bonds is 5. The average Bonchev–Trinajstić information content (AvgIpc) is 3.14. The number of carbonyl (C=O) groups excluding carboxylic acids is 2. The highest BCUT2D eigenvalue weighted by Gasteiger charge is 2.55. The molecule has 27 heavy (non-hydrogen) atoms. The van der Waals surface area contributed by atoms with Crippen LogP contribution in [0.15, 0.2) is 48.5 Å². The summed E-state index contributed by atoms with van der Waals surface area (Å²) in [5, 5.41) is 13.2. The minimum absolute atomic E-state index is 0.00407. The molecular weight excluding hydrogens is 344 g/mol. The smallest absolute Gasteiger partial charge is 0.325 e. The Bertz CT molecular complexity index is 897. The van der Waals surface area contributed by atoms with Gasteiger partial charge in [0.2, 0.25) is 0 Å². The van der Waals surface area contributed by atoms with Crippen LogP contribution in [0.1, 0.15) is 23.1 Å². The Labute approximate surface area is 157 Å². The topological polar surface area (TPSA) is 78.9 Å². The highest BCUT2D eigenvalue weighted by molar-refractivity contribution is 6.08. The molecule has 1 spiro atoms. The van der Waals surface area contributed by atoms with Crippen molar-refractivity contribution in [1.82, 2.24) is 10.2 Å². The van der Waals surface area contributed by atoms with Crippen molar-refractivity contribution < 1.29 is 19.4 Å². The molecule has 140 valence electrons. The number of imide groups is 1. The van der Waals surface area contributed by atoms with Crippen LogP contribution in [0.2, 0.25) is 0 Å². The van der Waals surface area contributed by atoms with Gasteiger partial charge in [-0.3, -0.25) is 9.69 Å². The lowest BCUT2D eigenvalue weighted by molar-refractivity contribution is -0.132. The SMILES string of the molecule is Cc1cccc(OC[C@H](O)CN2C(=O)N[C@@]3(CCc4ccccc43)C2=O)c1. The van der Waals surface area contributed by atoms with Crippen molar-refractivity contribution in [2.24, 2.45) is 0 Å². The van der Waals surface area contributed by atoms with E-state index in [1.165, 1.54) is 0 Å². The molecule has 3 amide bonds. The number of fused-ring (bicyclic) bond motifs is 2. The van der Waals surface area contributed by atoms with E-state index in [0.29, 0.717) is 12.2 Å². The van der Waals surface area contributed by atoms with Crippen molar-refractivity contribution in [2.45, 2.75) is 31.4 Å². The van der Waals surface area contributed by atoms with Gasteiger partial charge in [0, 0.05) is 0 Å². The fourth-order valence-corrected chi connectivity index (χ4v) is 3.92. The standard InChI is InChI=1S/C21H22N2O4/c1-14-5-4-7-17(11-14)27-13-16(24)12-23-19(25)21(22-20(23)26)10-9-15-6-2-3-8-18(15)21/h2-8,11,16,24H,9-10,12-13H2,1H3,(H,22,26)/t16-,21-/m1/s1. The Morgan fingerprint density at radius 2 is 2.04 bits per heavy atom. The Morgan fingerprint density at radius 3 is 2.85 bits per heavy atom. The average molecular weight is 366 g/mol. The van der Waals surface area contributed by atoms with Crippen LogP contribution in [0.25, 0.3) is 0 Å². The van der Waals surface area contributed by atoms with Gasteiger partial charge in [-0.1, -0.05) is 36.4 Å². The molecule has 0 radical (unpaired) electrons. The molecule has 2 N–H and O–H groups in total. The zero-order chi connectivity index (χ0) is 19.0. The second-order valence-electron chi connectivity index (χ2n) is 7.19. The fourth-order valence-electron chi connectivity index (χ4n) is 3.92. The highest BCUT2D eigenvalue weighted by Crippen LogP contribution is 2.41. The molecule has 1 saturated heterocycles. The molecule has 1 aliphatic heterocycles. The lowest BCUT2D eigenvalue weighted by atomic mass is 9.92. The molecule has 6 nitrogen and oxygen atoms in total. The van der Waals surface area contributed by atoms with Gasteiger partial charge in [0.05, 0.1) is 6.54 Å². The van der Waals surface area contributed by atoms with Crippen LogP contribution in [-0.2, 0) is 16.8 Å². The van der Waals surface area contributed by atoms with Gasteiger partial charge in [0.15, 0.2) is 0 Å². The number of aliphatic hydroxyl groups excluding tert-OH is 1. The van der Waals surface area contributed by atoms with Crippen LogP contribution in [-0.4, -0.2) is 41.2 Å². The van der Waals surface area contributed by atoms with E-state index in [-0.39, 0.29) is 19.1 Å². The lowest BCUT2D eigenvalue weighted by Crippen LogP contribution is -2.43. The van der Waals surface area contributed by atoms with E-state index < -0.39 is 17.7 Å². The van der Waals surface area contributed by atoms with Crippen LogP contribution in [0, 0.1) is 6.92 Å². The summed E-state index contributed by atoms with van der Waals surface area (Å²) in [4.78, 5) is 26.6. The number of amides is 3. The number of benzene rings is 2. The number of nitrogens with zero attached hydrogens (tertiary/aromatic N) is 1. The normalized spacial score (nSPS) is 22.1. The first kappa shape index (κ1) is 17.5. The van der Waals surface area contributed by atoms with Crippen LogP contribution in [0.3, 0.4) is 0 Å². The quantitative estimate of drug-likeness (QED) is 0.795. The number of ether oxygens (including phenoxy) is 1. The third-order valence-electron chi connectivity index (χ3n) is 5.25. The zero-order valence-corrected chi connectivity index (χ0v) is 15.1. The molecule has 6 heteroatoms. The van der Waals surface area contributed by atoms with E-state index in [9.17, 15) is 14.7 Å². The van der Waals surface area contributed by atoms with Crippen molar-refractivity contribution in [3.8, 4) is 5.75 Å². The number of nitrogens with one attached hydrogen (secondary N) is 1. The summed E-state index contributed by atoms with van der Waals surface area (Å²) in [5.74, 6) is 0.347. The largest absolute Gasteiger partial charge is 0.491 e. The van der Waals surface area contributed by atoms with Crippen LogP contribution in [0.5, 0.6) is 5.75 Å². The molecule has 0 aromatic heterocycles. The highest BCUT2D eigenvalue weighted by atomic mass is 16.5. The maximum atomic E-state index is 13.0. The molecule has 0 bridgehead atoms. The lowest BCUT2D eigenvalue weighted by Gasteiger charge is -2.23. The molecule has 1 heterocycles. The molecule has 2 aromatic rings. The first-order valence-electron chi connectivity index (χ1n) is 9.10. The van der Waals surface area contributed by atoms with Gasteiger partial charge in [0.1, 0.15) is 24.0 Å². The van der Waals surface area contributed by atoms with Crippen LogP contribution >= 0.6 is 0 Å². The maximum Gasteiger partial charge on any atom is 0.325 e. The molecule has 2 aliphatic rings. The van der Waals surface area contributed by atoms with Gasteiger partial charge in [-0.05, 0) is 48.6 Å². The van der Waals surface area contributed by atoms with E-state index in [2.05, 4.69) is 5.32 Å². The monoisotopic (exact) mass is 366 g/mol. The number of β-amino-alcohol motifs (C(OH)–C–C–N with tert-alkyl or cyclic N) is 1. The first-order valence-corrected chi connectivity index (χ1v) is 9.10. The van der Waals surface area contributed by atoms with E-state index >= 15 is 0 Å². The summed E-state index contributed by atoms with van der Waals surface area (Å²) >= 11 is 0. The second kappa shape index (κ2) is 6.70. The third-order valence-corrected chi connectivity index (χ3v) is 5.25. The van der Waals surface area contributed by atoms with Gasteiger partial charge >= 0.3 is 6.03 Å². The number of hydrogen-bond donors (Lipinski definition) is 2. The summed E-state index contributed by atoms with van der Waals surface area (Å²) in [6.45, 7) is 1.86. The first-order chi connectivity index (χ1) is 13.0. The summed E-state index contributed by atoms with van der Waals surface area (Å²) in [6.07, 6.45) is 0.324. The van der Waals surface area contributed by atoms with Crippen LogP contribution < -0.4 is 10.1 Å². The molecule has 2 atom stereocenters. The molecule has 0 saturated carbocycles. The predicted octanol–water partition coefficient (Wildman–Crippen LogP) is 2.13. The number of urea groups is 1. The Hall–Kier alpha value is -2.86. The van der Waals surface area contributed by atoms with E-state index in [4.69, 9.17) is 4.74 Å². The minimum atomic E-state index is -0.995.